The third-order valence-electron chi connectivity index (χ3n) is 2.02. The van der Waals surface area contributed by atoms with Gasteiger partial charge in [-0.2, -0.15) is 0 Å². The number of hydrogen-bond acceptors (Lipinski definition) is 3. The summed E-state index contributed by atoms with van der Waals surface area (Å²) in [6.07, 6.45) is 0. The van der Waals surface area contributed by atoms with E-state index in [1.807, 2.05) is 32.9 Å². The molecule has 5 heteroatoms. The van der Waals surface area contributed by atoms with Gasteiger partial charge in [0.25, 0.3) is 0 Å². The van der Waals surface area contributed by atoms with Crippen molar-refractivity contribution in [1.29, 1.82) is 0 Å². The van der Waals surface area contributed by atoms with Crippen molar-refractivity contribution in [3.8, 4) is 0 Å². The second-order valence-electron chi connectivity index (χ2n) is 3.25. The maximum atomic E-state index is 11.4. The van der Waals surface area contributed by atoms with Crippen LogP contribution in [-0.2, 0) is 9.09 Å². The molecule has 1 unspecified atom stereocenters. The largest absolute Gasteiger partial charge is 0.545 e. The fraction of sp³-hybridized carbons (Fsp3) is 0.300. The molecule has 0 heterocycles. The topological polar surface area (TPSA) is 43.4 Å². The second kappa shape index (κ2) is 6.08. The van der Waals surface area contributed by atoms with Gasteiger partial charge < -0.3 is 0 Å². The number of benzene rings is 1. The maximum Gasteiger partial charge on any atom is 0.545 e. The van der Waals surface area contributed by atoms with Gasteiger partial charge in [0.15, 0.2) is 0 Å². The molecule has 3 nitrogen and oxygen atoms in total. The van der Waals surface area contributed by atoms with Crippen LogP contribution in [0.1, 0.15) is 27.0 Å². The Morgan fingerprint density at radius 1 is 1.20 bits per heavy atom. The first-order chi connectivity index (χ1) is 6.56. The number of hydrogen-bond donors (Lipinski definition) is 0. The van der Waals surface area contributed by atoms with Crippen molar-refractivity contribution in [3.05, 3.63) is 34.4 Å². The molecule has 1 atom stereocenters. The van der Waals surface area contributed by atoms with E-state index in [1.165, 1.54) is 0 Å². The summed E-state index contributed by atoms with van der Waals surface area (Å²) in [5, 5.41) is 0. The normalized spacial score (nSPS) is 9.53. The Morgan fingerprint density at radius 2 is 1.67 bits per heavy atom. The first-order valence-corrected chi connectivity index (χ1v) is 5.04. The van der Waals surface area contributed by atoms with Crippen LogP contribution in [0.5, 0.6) is 0 Å². The number of carbonyl (C=O) groups excluding carboxylic acids is 1. The van der Waals surface area contributed by atoms with Gasteiger partial charge in [-0.3, -0.25) is 0 Å². The Morgan fingerprint density at radius 3 is 2.07 bits per heavy atom. The molecule has 0 saturated heterocycles. The zero-order chi connectivity index (χ0) is 10.7. The summed E-state index contributed by atoms with van der Waals surface area (Å²) in [5.41, 5.74) is 3.32. The van der Waals surface area contributed by atoms with E-state index in [1.54, 1.807) is 0 Å². The van der Waals surface area contributed by atoms with Crippen molar-refractivity contribution in [2.75, 3.05) is 0 Å². The number of aryl methyl sites for hydroxylation is 3. The molecule has 0 N–H and O–H groups in total. The molecule has 0 fully saturated rings. The van der Waals surface area contributed by atoms with Gasteiger partial charge in [-0.05, 0) is 36.5 Å². The first-order valence-electron chi connectivity index (χ1n) is 4.22. The molecule has 0 amide bonds. The Labute approximate surface area is 103 Å². The van der Waals surface area contributed by atoms with Gasteiger partial charge in [-0.1, -0.05) is 17.7 Å². The minimum atomic E-state index is -1.05. The van der Waals surface area contributed by atoms with E-state index in [9.17, 15) is 9.36 Å². The minimum absolute atomic E-state index is 0. The van der Waals surface area contributed by atoms with Crippen LogP contribution in [0, 0.1) is 20.8 Å². The monoisotopic (exact) mass is 218 g/mol. The zero-order valence-corrected chi connectivity index (χ0v) is 10.4. The predicted octanol–water partition coefficient (Wildman–Crippen LogP) is 2.33. The van der Waals surface area contributed by atoms with E-state index >= 15 is 0 Å². The van der Waals surface area contributed by atoms with Crippen molar-refractivity contribution in [1.82, 2.24) is 0 Å². The molecule has 1 aromatic carbocycles. The molecule has 0 aromatic heterocycles. The molecule has 0 bridgehead atoms. The summed E-state index contributed by atoms with van der Waals surface area (Å²) < 4.78 is 14.7. The third kappa shape index (κ3) is 3.46. The Hall–Kier alpha value is -0.613. The van der Waals surface area contributed by atoms with Crippen LogP contribution in [0.2, 0.25) is 0 Å². The van der Waals surface area contributed by atoms with Crippen LogP contribution in [0.25, 0.3) is 0 Å². The predicted molar refractivity (Wildman–Crippen MR) is 60.8 cm³/mol. The average molecular weight is 218 g/mol. The minimum Gasteiger partial charge on any atom is -0.241 e. The van der Waals surface area contributed by atoms with Crippen molar-refractivity contribution in [2.24, 2.45) is 0 Å². The van der Waals surface area contributed by atoms with E-state index in [2.05, 4.69) is 4.52 Å². The summed E-state index contributed by atoms with van der Waals surface area (Å²) in [6, 6.07) is 3.80. The Kier molecular flexibility index (Phi) is 5.83. The zero-order valence-electron chi connectivity index (χ0n) is 9.38. The van der Waals surface area contributed by atoms with Crippen molar-refractivity contribution < 1.29 is 13.9 Å². The van der Waals surface area contributed by atoms with Gasteiger partial charge in [-0.25, -0.2) is 9.32 Å². The van der Waals surface area contributed by atoms with Crippen LogP contribution in [0.15, 0.2) is 12.1 Å². The molecule has 0 saturated carbocycles. The number of rotatable bonds is 2. The summed E-state index contributed by atoms with van der Waals surface area (Å²) >= 11 is 0. The van der Waals surface area contributed by atoms with Crippen LogP contribution in [-0.4, -0.2) is 24.8 Å². The van der Waals surface area contributed by atoms with Gasteiger partial charge in [0.2, 0.25) is 0 Å². The molecule has 0 spiro atoms. The molecule has 15 heavy (non-hydrogen) atoms. The third-order valence-corrected chi connectivity index (χ3v) is 2.28. The summed E-state index contributed by atoms with van der Waals surface area (Å²) in [6.45, 7) is 5.64. The standard InChI is InChI=1S/C10H12O3P.Li/c1-6-4-7(2)9(8(3)5-6)10(11)13-14-12;/h4-5,14H,1-3H3;/q+1;. The van der Waals surface area contributed by atoms with Crippen molar-refractivity contribution >= 4 is 33.5 Å². The van der Waals surface area contributed by atoms with E-state index < -0.39 is 14.7 Å². The SMILES string of the molecule is Cc1cc(C)c(C(=O)O[PH+]=O)c(C)c1.[Li]. The molecule has 0 aliphatic rings. The van der Waals surface area contributed by atoms with Crippen LogP contribution in [0.3, 0.4) is 0 Å². The molecule has 1 rings (SSSR count). The van der Waals surface area contributed by atoms with Gasteiger partial charge in [0.05, 0.1) is 5.56 Å². The van der Waals surface area contributed by atoms with Crippen LogP contribution < -0.4 is 0 Å². The Balaban J connectivity index is 0.00000196. The van der Waals surface area contributed by atoms with Crippen LogP contribution in [0.4, 0.5) is 0 Å². The fourth-order valence-electron chi connectivity index (χ4n) is 1.59. The van der Waals surface area contributed by atoms with Crippen molar-refractivity contribution in [2.45, 2.75) is 20.8 Å². The summed E-state index contributed by atoms with van der Waals surface area (Å²) in [4.78, 5) is 11.4. The second-order valence-corrected chi connectivity index (χ2v) is 3.62. The number of carbonyl (C=O) groups is 1. The Bertz CT molecular complexity index is 367. The smallest absolute Gasteiger partial charge is 0.241 e. The molecule has 1 radical (unpaired) electrons. The van der Waals surface area contributed by atoms with Gasteiger partial charge >= 0.3 is 14.7 Å². The van der Waals surface area contributed by atoms with Crippen LogP contribution >= 0.6 is 8.69 Å². The van der Waals surface area contributed by atoms with E-state index in [0.29, 0.717) is 5.56 Å². The maximum absolute atomic E-state index is 11.4. The summed E-state index contributed by atoms with van der Waals surface area (Å²) in [7, 11) is -1.05. The molecule has 1 aromatic rings. The van der Waals surface area contributed by atoms with E-state index in [4.69, 9.17) is 0 Å². The van der Waals surface area contributed by atoms with Gasteiger partial charge in [-0.15, -0.1) is 0 Å². The molecule has 0 aliphatic heterocycles. The fourth-order valence-corrected chi connectivity index (χ4v) is 1.77. The van der Waals surface area contributed by atoms with E-state index in [-0.39, 0.29) is 18.9 Å². The van der Waals surface area contributed by atoms with Gasteiger partial charge in [0, 0.05) is 18.9 Å². The molecular weight excluding hydrogens is 206 g/mol. The summed E-state index contributed by atoms with van der Waals surface area (Å²) in [5.74, 6) is -0.520. The first kappa shape index (κ1) is 14.4. The van der Waals surface area contributed by atoms with Gasteiger partial charge in [0.1, 0.15) is 0 Å². The quantitative estimate of drug-likeness (QED) is 0.565. The van der Waals surface area contributed by atoms with Crippen molar-refractivity contribution in [3.63, 3.8) is 0 Å². The molecule has 75 valence electrons. The molecular formula is C10H12LiO3P+. The average Bonchev–Trinajstić information content (AvgIpc) is 2.01. The van der Waals surface area contributed by atoms with E-state index in [0.717, 1.165) is 16.7 Å². The molecule has 0 aliphatic carbocycles.